The Morgan fingerprint density at radius 3 is 2.66 bits per heavy atom. The molecule has 1 aliphatic heterocycles. The number of anilines is 1. The molecule has 0 radical (unpaired) electrons. The van der Waals surface area contributed by atoms with Crippen LogP contribution in [0.1, 0.15) is 48.5 Å². The summed E-state index contributed by atoms with van der Waals surface area (Å²) in [7, 11) is 0. The number of amides is 1. The van der Waals surface area contributed by atoms with E-state index in [4.69, 9.17) is 14.2 Å². The van der Waals surface area contributed by atoms with E-state index >= 15 is 0 Å². The molecule has 0 aliphatic carbocycles. The molecule has 1 aliphatic rings. The molecule has 0 spiro atoms. The third kappa shape index (κ3) is 4.89. The Labute approximate surface area is 174 Å². The highest BCUT2D eigenvalue weighted by atomic mass is 32.1. The van der Waals surface area contributed by atoms with E-state index in [1.165, 1.54) is 11.3 Å². The van der Waals surface area contributed by atoms with Crippen LogP contribution in [0.2, 0.25) is 0 Å². The first kappa shape index (κ1) is 21.1. The van der Waals surface area contributed by atoms with Crippen LogP contribution in [0.3, 0.4) is 0 Å². The highest BCUT2D eigenvalue weighted by molar-refractivity contribution is 7.16. The van der Waals surface area contributed by atoms with Gasteiger partial charge in [0.05, 0.1) is 18.7 Å². The zero-order valence-corrected chi connectivity index (χ0v) is 17.9. The van der Waals surface area contributed by atoms with E-state index in [2.05, 4.69) is 10.6 Å². The molecule has 1 amide bonds. The number of hydrogen-bond donors (Lipinski definition) is 2. The third-order valence-corrected chi connectivity index (χ3v) is 5.86. The SMILES string of the molecule is CCOC(=O)c1cc(CC)sc1NC(=O)CNC(C)(C)c1ccc2c(c1)OCO2. The van der Waals surface area contributed by atoms with E-state index in [1.54, 1.807) is 13.0 Å². The van der Waals surface area contributed by atoms with E-state index in [9.17, 15) is 9.59 Å². The molecule has 0 bridgehead atoms. The lowest BCUT2D eigenvalue weighted by atomic mass is 9.94. The Morgan fingerprint density at radius 1 is 1.17 bits per heavy atom. The van der Waals surface area contributed by atoms with Gasteiger partial charge in [0, 0.05) is 10.4 Å². The fraction of sp³-hybridized carbons (Fsp3) is 0.429. The van der Waals surface area contributed by atoms with Gasteiger partial charge in [-0.25, -0.2) is 4.79 Å². The van der Waals surface area contributed by atoms with Crippen molar-refractivity contribution in [2.24, 2.45) is 0 Å². The van der Waals surface area contributed by atoms with Crippen LogP contribution in [0.5, 0.6) is 11.5 Å². The molecular formula is C21H26N2O5S. The van der Waals surface area contributed by atoms with Crippen LogP contribution in [0.15, 0.2) is 24.3 Å². The van der Waals surface area contributed by atoms with Crippen molar-refractivity contribution in [3.63, 3.8) is 0 Å². The van der Waals surface area contributed by atoms with Crippen molar-refractivity contribution in [3.8, 4) is 11.5 Å². The number of carbonyl (C=O) groups excluding carboxylic acids is 2. The molecule has 0 saturated heterocycles. The minimum atomic E-state index is -0.466. The van der Waals surface area contributed by atoms with Gasteiger partial charge < -0.3 is 19.5 Å². The van der Waals surface area contributed by atoms with Gasteiger partial charge in [-0.15, -0.1) is 11.3 Å². The second-order valence-corrected chi connectivity index (χ2v) is 8.26. The van der Waals surface area contributed by atoms with Crippen LogP contribution in [0, 0.1) is 0 Å². The second kappa shape index (κ2) is 8.84. The average molecular weight is 419 g/mol. The summed E-state index contributed by atoms with van der Waals surface area (Å²) >= 11 is 1.39. The Morgan fingerprint density at radius 2 is 1.93 bits per heavy atom. The first-order valence-electron chi connectivity index (χ1n) is 9.59. The molecule has 0 fully saturated rings. The van der Waals surface area contributed by atoms with Crippen LogP contribution in [0.25, 0.3) is 0 Å². The van der Waals surface area contributed by atoms with Crippen molar-refractivity contribution in [3.05, 3.63) is 40.3 Å². The van der Waals surface area contributed by atoms with E-state index in [0.717, 1.165) is 22.6 Å². The number of thiophene rings is 1. The van der Waals surface area contributed by atoms with Gasteiger partial charge in [0.15, 0.2) is 11.5 Å². The Hall–Kier alpha value is -2.58. The molecule has 156 valence electrons. The summed E-state index contributed by atoms with van der Waals surface area (Å²) in [6.07, 6.45) is 0.780. The zero-order valence-electron chi connectivity index (χ0n) is 17.1. The predicted molar refractivity (Wildman–Crippen MR) is 112 cm³/mol. The maximum absolute atomic E-state index is 12.5. The summed E-state index contributed by atoms with van der Waals surface area (Å²) in [6, 6.07) is 7.51. The van der Waals surface area contributed by atoms with Crippen molar-refractivity contribution < 1.29 is 23.8 Å². The maximum Gasteiger partial charge on any atom is 0.341 e. The number of ether oxygens (including phenoxy) is 3. The first-order valence-corrected chi connectivity index (χ1v) is 10.4. The van der Waals surface area contributed by atoms with Gasteiger partial charge in [0.2, 0.25) is 12.7 Å². The van der Waals surface area contributed by atoms with Gasteiger partial charge in [0.25, 0.3) is 0 Å². The van der Waals surface area contributed by atoms with Gasteiger partial charge in [-0.2, -0.15) is 0 Å². The molecule has 0 unspecified atom stereocenters. The molecule has 0 saturated carbocycles. The van der Waals surface area contributed by atoms with E-state index in [-0.39, 0.29) is 25.9 Å². The zero-order chi connectivity index (χ0) is 21.0. The number of aryl methyl sites for hydroxylation is 1. The van der Waals surface area contributed by atoms with Gasteiger partial charge in [0.1, 0.15) is 5.00 Å². The molecule has 2 aromatic rings. The Bertz CT molecular complexity index is 906. The molecule has 1 aromatic carbocycles. The molecular weight excluding hydrogens is 392 g/mol. The van der Waals surface area contributed by atoms with Crippen molar-refractivity contribution in [2.45, 2.75) is 39.7 Å². The van der Waals surface area contributed by atoms with Crippen molar-refractivity contribution in [1.29, 1.82) is 0 Å². The molecule has 1 aromatic heterocycles. The van der Waals surface area contributed by atoms with Crippen LogP contribution in [-0.4, -0.2) is 31.8 Å². The van der Waals surface area contributed by atoms with Gasteiger partial charge in [-0.3, -0.25) is 10.1 Å². The normalized spacial score (nSPS) is 12.7. The Kier molecular flexibility index (Phi) is 6.44. The molecule has 7 nitrogen and oxygen atoms in total. The standard InChI is InChI=1S/C21H26N2O5S/c1-5-14-10-15(20(25)26-6-2)19(29-14)23-18(24)11-22-21(3,4)13-7-8-16-17(9-13)28-12-27-16/h7-10,22H,5-6,11-12H2,1-4H3,(H,23,24). The summed E-state index contributed by atoms with van der Waals surface area (Å²) in [5, 5.41) is 6.62. The largest absolute Gasteiger partial charge is 0.462 e. The molecule has 8 heteroatoms. The first-order chi connectivity index (χ1) is 13.8. The van der Waals surface area contributed by atoms with Crippen molar-refractivity contribution in [2.75, 3.05) is 25.3 Å². The van der Waals surface area contributed by atoms with E-state index < -0.39 is 11.5 Å². The molecule has 3 rings (SSSR count). The Balaban J connectivity index is 1.65. The number of esters is 1. The number of benzene rings is 1. The van der Waals surface area contributed by atoms with Gasteiger partial charge in [-0.05, 0) is 51.0 Å². The smallest absolute Gasteiger partial charge is 0.341 e. The summed E-state index contributed by atoms with van der Waals surface area (Å²) < 4.78 is 15.9. The lowest BCUT2D eigenvalue weighted by molar-refractivity contribution is -0.115. The lowest BCUT2D eigenvalue weighted by Crippen LogP contribution is -2.41. The molecule has 2 N–H and O–H groups in total. The summed E-state index contributed by atoms with van der Waals surface area (Å²) in [5.74, 6) is 0.770. The van der Waals surface area contributed by atoms with Gasteiger partial charge in [-0.1, -0.05) is 13.0 Å². The van der Waals surface area contributed by atoms with Crippen LogP contribution in [-0.2, 0) is 21.5 Å². The second-order valence-electron chi connectivity index (χ2n) is 7.12. The van der Waals surface area contributed by atoms with E-state index in [0.29, 0.717) is 16.3 Å². The molecule has 29 heavy (non-hydrogen) atoms. The van der Waals surface area contributed by atoms with Gasteiger partial charge >= 0.3 is 5.97 Å². The van der Waals surface area contributed by atoms with Crippen molar-refractivity contribution >= 4 is 28.2 Å². The fourth-order valence-electron chi connectivity index (χ4n) is 2.93. The topological polar surface area (TPSA) is 85.9 Å². The monoisotopic (exact) mass is 418 g/mol. The number of hydrogen-bond acceptors (Lipinski definition) is 7. The lowest BCUT2D eigenvalue weighted by Gasteiger charge is -2.27. The fourth-order valence-corrected chi connectivity index (χ4v) is 3.93. The highest BCUT2D eigenvalue weighted by Gasteiger charge is 2.25. The number of nitrogens with one attached hydrogen (secondary N) is 2. The molecule has 0 atom stereocenters. The third-order valence-electron chi connectivity index (χ3n) is 4.67. The van der Waals surface area contributed by atoms with Crippen LogP contribution in [0.4, 0.5) is 5.00 Å². The number of rotatable bonds is 8. The van der Waals surface area contributed by atoms with Crippen molar-refractivity contribution in [1.82, 2.24) is 5.32 Å². The summed E-state index contributed by atoms with van der Waals surface area (Å²) in [6.45, 7) is 8.33. The minimum absolute atomic E-state index is 0.0864. The van der Waals surface area contributed by atoms with E-state index in [1.807, 2.05) is 39.0 Å². The van der Waals surface area contributed by atoms with Crippen LogP contribution < -0.4 is 20.1 Å². The van der Waals surface area contributed by atoms with Crippen LogP contribution >= 0.6 is 11.3 Å². The summed E-state index contributed by atoms with van der Waals surface area (Å²) in [4.78, 5) is 25.7. The molecule has 2 heterocycles. The maximum atomic E-state index is 12.5. The minimum Gasteiger partial charge on any atom is -0.462 e. The highest BCUT2D eigenvalue weighted by Crippen LogP contribution is 2.35. The quantitative estimate of drug-likeness (QED) is 0.636. The average Bonchev–Trinajstić information content (AvgIpc) is 3.32. The predicted octanol–water partition coefficient (Wildman–Crippen LogP) is 3.68. The summed E-state index contributed by atoms with van der Waals surface area (Å²) in [5.41, 5.74) is 0.912. The number of carbonyl (C=O) groups is 2. The number of fused-ring (bicyclic) bond motifs is 1.